The number of nitrogens with zero attached hydrogens (tertiary/aromatic N) is 1. The Labute approximate surface area is 121 Å². The predicted octanol–water partition coefficient (Wildman–Crippen LogP) is 2.15. The summed E-state index contributed by atoms with van der Waals surface area (Å²) >= 11 is 11.5. The molecule has 1 aliphatic rings. The van der Waals surface area contributed by atoms with E-state index in [2.05, 4.69) is 10.3 Å². The maximum atomic E-state index is 11.8. The normalized spacial score (nSPS) is 21.3. The minimum atomic E-state index is -2.96. The Kier molecular flexibility index (Phi) is 4.32. The molecule has 1 atom stereocenters. The van der Waals surface area contributed by atoms with Crippen LogP contribution in [0.3, 0.4) is 0 Å². The van der Waals surface area contributed by atoms with Gasteiger partial charge < -0.3 is 5.32 Å². The number of carbonyl (C=O) groups is 1. The van der Waals surface area contributed by atoms with Crippen molar-refractivity contribution in [2.24, 2.45) is 5.92 Å². The summed E-state index contributed by atoms with van der Waals surface area (Å²) in [6, 6.07) is 1.45. The number of sulfone groups is 1. The highest BCUT2D eigenvalue weighted by atomic mass is 35.5. The van der Waals surface area contributed by atoms with E-state index in [9.17, 15) is 13.2 Å². The molecule has 0 aromatic carbocycles. The lowest BCUT2D eigenvalue weighted by atomic mass is 10.1. The molecule has 1 aliphatic heterocycles. The van der Waals surface area contributed by atoms with E-state index in [1.807, 2.05) is 0 Å². The van der Waals surface area contributed by atoms with Gasteiger partial charge in [0.05, 0.1) is 21.6 Å². The Morgan fingerprint density at radius 2 is 2.16 bits per heavy atom. The first-order chi connectivity index (χ1) is 8.85. The van der Waals surface area contributed by atoms with Crippen LogP contribution < -0.4 is 5.32 Å². The number of halogens is 2. The molecule has 1 fully saturated rings. The van der Waals surface area contributed by atoms with Gasteiger partial charge in [-0.3, -0.25) is 4.79 Å². The van der Waals surface area contributed by atoms with Crippen LogP contribution in [0.1, 0.15) is 12.8 Å². The largest absolute Gasteiger partial charge is 0.311 e. The Morgan fingerprint density at radius 3 is 2.74 bits per heavy atom. The van der Waals surface area contributed by atoms with Crippen molar-refractivity contribution in [3.8, 4) is 0 Å². The van der Waals surface area contributed by atoms with E-state index in [1.54, 1.807) is 0 Å². The molecular formula is C11H12Cl2N2O3S. The second-order valence-corrected chi connectivity index (χ2v) is 7.55. The van der Waals surface area contributed by atoms with Crippen LogP contribution in [0.15, 0.2) is 12.3 Å². The van der Waals surface area contributed by atoms with Crippen molar-refractivity contribution in [3.63, 3.8) is 0 Å². The number of hydrogen-bond donors (Lipinski definition) is 1. The van der Waals surface area contributed by atoms with Crippen molar-refractivity contribution in [2.45, 2.75) is 12.8 Å². The summed E-state index contributed by atoms with van der Waals surface area (Å²) in [6.07, 6.45) is 2.05. The monoisotopic (exact) mass is 322 g/mol. The lowest BCUT2D eigenvalue weighted by Gasteiger charge is -2.08. The number of aromatic nitrogens is 1. The summed E-state index contributed by atoms with van der Waals surface area (Å²) in [6.45, 7) is 0. The van der Waals surface area contributed by atoms with Crippen molar-refractivity contribution in [3.05, 3.63) is 22.3 Å². The fourth-order valence-electron chi connectivity index (χ4n) is 1.97. The van der Waals surface area contributed by atoms with Gasteiger partial charge in [-0.2, -0.15) is 0 Å². The van der Waals surface area contributed by atoms with Gasteiger partial charge in [0.15, 0.2) is 9.84 Å². The van der Waals surface area contributed by atoms with Crippen molar-refractivity contribution in [2.75, 3.05) is 16.8 Å². The van der Waals surface area contributed by atoms with Gasteiger partial charge in [0, 0.05) is 18.7 Å². The third kappa shape index (κ3) is 4.06. The molecule has 0 aliphatic carbocycles. The van der Waals surface area contributed by atoms with Gasteiger partial charge >= 0.3 is 0 Å². The Hall–Kier alpha value is -0.850. The molecule has 1 aromatic rings. The molecule has 0 unspecified atom stereocenters. The zero-order chi connectivity index (χ0) is 14.0. The topological polar surface area (TPSA) is 76.1 Å². The number of anilines is 1. The molecule has 2 rings (SSSR count). The summed E-state index contributed by atoms with van der Waals surface area (Å²) in [5, 5.41) is 3.18. The fraction of sp³-hybridized carbons (Fsp3) is 0.455. The highest BCUT2D eigenvalue weighted by molar-refractivity contribution is 7.91. The van der Waals surface area contributed by atoms with Crippen LogP contribution in [0.5, 0.6) is 0 Å². The number of rotatable bonds is 3. The number of amides is 1. The molecule has 0 radical (unpaired) electrons. The molecule has 1 amide bonds. The molecule has 5 nitrogen and oxygen atoms in total. The number of pyridine rings is 1. The summed E-state index contributed by atoms with van der Waals surface area (Å²) in [5.74, 6) is 0.159. The third-order valence-corrected chi connectivity index (χ3v) is 5.42. The minimum Gasteiger partial charge on any atom is -0.311 e. The lowest BCUT2D eigenvalue weighted by Crippen LogP contribution is -2.18. The van der Waals surface area contributed by atoms with Gasteiger partial charge in [-0.05, 0) is 12.3 Å². The highest BCUT2D eigenvalue weighted by Crippen LogP contribution is 2.24. The zero-order valence-electron chi connectivity index (χ0n) is 9.90. The molecule has 2 heterocycles. The number of hydrogen-bond acceptors (Lipinski definition) is 4. The molecular weight excluding hydrogens is 311 g/mol. The van der Waals surface area contributed by atoms with Gasteiger partial charge in [-0.25, -0.2) is 13.4 Å². The first-order valence-corrected chi connectivity index (χ1v) is 8.25. The molecule has 1 aromatic heterocycles. The zero-order valence-corrected chi connectivity index (χ0v) is 12.2. The Morgan fingerprint density at radius 1 is 1.42 bits per heavy atom. The maximum absolute atomic E-state index is 11.8. The van der Waals surface area contributed by atoms with E-state index in [0.29, 0.717) is 22.3 Å². The van der Waals surface area contributed by atoms with Gasteiger partial charge in [0.25, 0.3) is 0 Å². The molecule has 1 saturated heterocycles. The van der Waals surface area contributed by atoms with E-state index in [0.717, 1.165) is 0 Å². The van der Waals surface area contributed by atoms with Crippen LogP contribution in [0.2, 0.25) is 10.0 Å². The van der Waals surface area contributed by atoms with E-state index in [-0.39, 0.29) is 29.8 Å². The van der Waals surface area contributed by atoms with Crippen LogP contribution in [0, 0.1) is 5.92 Å². The Bertz CT molecular complexity index is 604. The van der Waals surface area contributed by atoms with Crippen LogP contribution in [-0.4, -0.2) is 30.8 Å². The van der Waals surface area contributed by atoms with E-state index in [1.165, 1.54) is 12.3 Å². The second kappa shape index (κ2) is 5.64. The SMILES string of the molecule is O=C(C[C@H]1CCS(=O)(=O)C1)Nc1cc(Cl)c(Cl)cn1. The van der Waals surface area contributed by atoms with Crippen molar-refractivity contribution in [1.82, 2.24) is 4.98 Å². The molecule has 0 bridgehead atoms. The minimum absolute atomic E-state index is 0.0786. The standard InChI is InChI=1S/C11H12Cl2N2O3S/c12-8-4-10(14-5-9(8)13)15-11(16)3-7-1-2-19(17,18)6-7/h4-5,7H,1-3,6H2,(H,14,15,16)/t7-/m1/s1. The van der Waals surface area contributed by atoms with Crippen molar-refractivity contribution >= 4 is 44.8 Å². The van der Waals surface area contributed by atoms with Gasteiger partial charge in [-0.15, -0.1) is 0 Å². The van der Waals surface area contributed by atoms with E-state index >= 15 is 0 Å². The summed E-state index contributed by atoms with van der Waals surface area (Å²) in [7, 11) is -2.96. The second-order valence-electron chi connectivity index (χ2n) is 4.51. The average molecular weight is 323 g/mol. The summed E-state index contributed by atoms with van der Waals surface area (Å²) in [5.41, 5.74) is 0. The summed E-state index contributed by atoms with van der Waals surface area (Å²) in [4.78, 5) is 15.7. The maximum Gasteiger partial charge on any atom is 0.225 e. The average Bonchev–Trinajstić information content (AvgIpc) is 2.63. The van der Waals surface area contributed by atoms with Crippen LogP contribution >= 0.6 is 23.2 Å². The fourth-order valence-corrected chi connectivity index (χ4v) is 4.09. The first-order valence-electron chi connectivity index (χ1n) is 5.67. The number of carbonyl (C=O) groups excluding carboxylic acids is 1. The highest BCUT2D eigenvalue weighted by Gasteiger charge is 2.29. The number of nitrogens with one attached hydrogen (secondary N) is 1. The van der Waals surface area contributed by atoms with Crippen LogP contribution in [0.4, 0.5) is 5.82 Å². The molecule has 19 heavy (non-hydrogen) atoms. The van der Waals surface area contributed by atoms with E-state index < -0.39 is 9.84 Å². The molecule has 8 heteroatoms. The smallest absolute Gasteiger partial charge is 0.225 e. The predicted molar refractivity (Wildman–Crippen MR) is 74.3 cm³/mol. The Balaban J connectivity index is 1.93. The molecule has 104 valence electrons. The van der Waals surface area contributed by atoms with Gasteiger partial charge in [0.2, 0.25) is 5.91 Å². The first kappa shape index (κ1) is 14.6. The van der Waals surface area contributed by atoms with Crippen molar-refractivity contribution in [1.29, 1.82) is 0 Å². The van der Waals surface area contributed by atoms with Crippen LogP contribution in [0.25, 0.3) is 0 Å². The quantitative estimate of drug-likeness (QED) is 0.925. The third-order valence-electron chi connectivity index (χ3n) is 2.88. The molecule has 0 spiro atoms. The van der Waals surface area contributed by atoms with E-state index in [4.69, 9.17) is 23.2 Å². The van der Waals surface area contributed by atoms with Crippen molar-refractivity contribution < 1.29 is 13.2 Å². The van der Waals surface area contributed by atoms with Crippen LogP contribution in [-0.2, 0) is 14.6 Å². The molecule has 0 saturated carbocycles. The van der Waals surface area contributed by atoms with Gasteiger partial charge in [-0.1, -0.05) is 23.2 Å². The lowest BCUT2D eigenvalue weighted by molar-refractivity contribution is -0.116. The molecule has 1 N–H and O–H groups in total. The summed E-state index contributed by atoms with van der Waals surface area (Å²) < 4.78 is 22.6. The van der Waals surface area contributed by atoms with Gasteiger partial charge in [0.1, 0.15) is 5.82 Å².